The summed E-state index contributed by atoms with van der Waals surface area (Å²) in [7, 11) is 0. The summed E-state index contributed by atoms with van der Waals surface area (Å²) in [5.74, 6) is 0. The summed E-state index contributed by atoms with van der Waals surface area (Å²) in [6.45, 7) is 2.15. The van der Waals surface area contributed by atoms with Crippen LogP contribution in [0.1, 0.15) is 41.1 Å². The van der Waals surface area contributed by atoms with Crippen molar-refractivity contribution in [3.63, 3.8) is 0 Å². The molecule has 0 aliphatic heterocycles. The molecule has 1 aromatic heterocycles. The first kappa shape index (κ1) is 15.5. The van der Waals surface area contributed by atoms with Crippen LogP contribution in [0.3, 0.4) is 0 Å². The summed E-state index contributed by atoms with van der Waals surface area (Å²) >= 11 is 20.2. The SMILES string of the molecule is CC(Nc1cc(Cl)c(Cl)cc1Cl)c1cc2c(s1)CCCC2. The number of hydrogen-bond donors (Lipinski definition) is 1. The number of nitrogens with one attached hydrogen (secondary N) is 1. The highest BCUT2D eigenvalue weighted by Crippen LogP contribution is 2.37. The highest BCUT2D eigenvalue weighted by molar-refractivity contribution is 7.12. The molecule has 5 heteroatoms. The van der Waals surface area contributed by atoms with Crippen molar-refractivity contribution in [1.29, 1.82) is 0 Å². The maximum absolute atomic E-state index is 6.23. The molecule has 1 aliphatic rings. The second-order valence-electron chi connectivity index (χ2n) is 5.42. The van der Waals surface area contributed by atoms with Crippen LogP contribution in [0.25, 0.3) is 0 Å². The van der Waals surface area contributed by atoms with Crippen molar-refractivity contribution in [3.8, 4) is 0 Å². The number of benzene rings is 1. The van der Waals surface area contributed by atoms with Gasteiger partial charge in [-0.05, 0) is 56.4 Å². The molecule has 1 N–H and O–H groups in total. The topological polar surface area (TPSA) is 12.0 Å². The molecule has 1 unspecified atom stereocenters. The predicted octanol–water partition coefficient (Wildman–Crippen LogP) is 6.76. The molecule has 0 fully saturated rings. The highest BCUT2D eigenvalue weighted by Gasteiger charge is 2.17. The molecule has 0 amide bonds. The smallest absolute Gasteiger partial charge is 0.0653 e. The fourth-order valence-corrected chi connectivity index (χ4v) is 4.53. The average molecular weight is 361 g/mol. The van der Waals surface area contributed by atoms with Crippen molar-refractivity contribution in [2.75, 3.05) is 5.32 Å². The van der Waals surface area contributed by atoms with E-state index in [4.69, 9.17) is 34.8 Å². The fourth-order valence-electron chi connectivity index (χ4n) is 2.66. The summed E-state index contributed by atoms with van der Waals surface area (Å²) in [5, 5.41) is 5.03. The minimum atomic E-state index is 0.204. The number of aryl methyl sites for hydroxylation is 2. The lowest BCUT2D eigenvalue weighted by molar-refractivity contribution is 0.696. The quantitative estimate of drug-likeness (QED) is 0.596. The molecule has 112 valence electrons. The Hall–Kier alpha value is -0.410. The Bertz CT molecular complexity index is 642. The molecular formula is C16H16Cl3NS. The van der Waals surface area contributed by atoms with Gasteiger partial charge in [0.25, 0.3) is 0 Å². The van der Waals surface area contributed by atoms with Crippen LogP contribution < -0.4 is 5.32 Å². The molecule has 3 rings (SSSR count). The van der Waals surface area contributed by atoms with Crippen LogP contribution in [0.2, 0.25) is 15.1 Å². The first-order valence-electron chi connectivity index (χ1n) is 7.07. The van der Waals surface area contributed by atoms with Gasteiger partial charge in [0.15, 0.2) is 0 Å². The van der Waals surface area contributed by atoms with E-state index in [-0.39, 0.29) is 6.04 Å². The van der Waals surface area contributed by atoms with Crippen molar-refractivity contribution < 1.29 is 0 Å². The van der Waals surface area contributed by atoms with Gasteiger partial charge in [-0.1, -0.05) is 34.8 Å². The van der Waals surface area contributed by atoms with E-state index in [1.54, 1.807) is 17.0 Å². The molecule has 21 heavy (non-hydrogen) atoms. The van der Waals surface area contributed by atoms with Gasteiger partial charge >= 0.3 is 0 Å². The molecule has 2 aromatic rings. The summed E-state index contributed by atoms with van der Waals surface area (Å²) < 4.78 is 0. The van der Waals surface area contributed by atoms with Gasteiger partial charge < -0.3 is 5.32 Å². The standard InChI is InChI=1S/C16H16Cl3NS/c1-9(16-6-10-4-2-3-5-15(10)21-16)20-14-8-12(18)11(17)7-13(14)19/h6-9,20H,2-5H2,1H3. The van der Waals surface area contributed by atoms with Crippen LogP contribution in [-0.4, -0.2) is 0 Å². The Morgan fingerprint density at radius 1 is 1.00 bits per heavy atom. The lowest BCUT2D eigenvalue weighted by Gasteiger charge is -2.15. The maximum atomic E-state index is 6.23. The van der Waals surface area contributed by atoms with Crippen molar-refractivity contribution in [2.45, 2.75) is 38.6 Å². The Balaban J connectivity index is 1.81. The second-order valence-corrected chi connectivity index (χ2v) is 7.81. The molecule has 0 saturated heterocycles. The zero-order chi connectivity index (χ0) is 15.0. The minimum Gasteiger partial charge on any atom is -0.376 e. The van der Waals surface area contributed by atoms with Gasteiger partial charge in [0.05, 0.1) is 26.8 Å². The third-order valence-corrected chi connectivity index (χ3v) is 6.28. The minimum absolute atomic E-state index is 0.204. The van der Waals surface area contributed by atoms with Gasteiger partial charge in [-0.15, -0.1) is 11.3 Å². The number of thiophene rings is 1. The van der Waals surface area contributed by atoms with Crippen LogP contribution in [0.4, 0.5) is 5.69 Å². The van der Waals surface area contributed by atoms with Crippen molar-refractivity contribution in [1.82, 2.24) is 0 Å². The summed E-state index contributed by atoms with van der Waals surface area (Å²) in [4.78, 5) is 2.90. The lowest BCUT2D eigenvalue weighted by atomic mass is 9.99. The van der Waals surface area contributed by atoms with Gasteiger partial charge in [0.2, 0.25) is 0 Å². The summed E-state index contributed by atoms with van der Waals surface area (Å²) in [6.07, 6.45) is 5.06. The van der Waals surface area contributed by atoms with E-state index in [9.17, 15) is 0 Å². The molecule has 1 aliphatic carbocycles. The highest BCUT2D eigenvalue weighted by atomic mass is 35.5. The fraction of sp³-hybridized carbons (Fsp3) is 0.375. The van der Waals surface area contributed by atoms with E-state index < -0.39 is 0 Å². The maximum Gasteiger partial charge on any atom is 0.0653 e. The Morgan fingerprint density at radius 2 is 1.71 bits per heavy atom. The van der Waals surface area contributed by atoms with E-state index in [1.165, 1.54) is 36.1 Å². The van der Waals surface area contributed by atoms with Gasteiger partial charge in [0, 0.05) is 9.75 Å². The van der Waals surface area contributed by atoms with Crippen molar-refractivity contribution in [2.24, 2.45) is 0 Å². The molecule has 1 atom stereocenters. The molecule has 0 radical (unpaired) electrons. The number of fused-ring (bicyclic) bond motifs is 1. The first-order chi connectivity index (χ1) is 10.0. The van der Waals surface area contributed by atoms with E-state index in [0.29, 0.717) is 15.1 Å². The normalized spacial score (nSPS) is 15.6. The molecule has 0 saturated carbocycles. The van der Waals surface area contributed by atoms with Crippen molar-refractivity contribution in [3.05, 3.63) is 48.6 Å². The largest absolute Gasteiger partial charge is 0.376 e. The zero-order valence-corrected chi connectivity index (χ0v) is 14.8. The first-order valence-corrected chi connectivity index (χ1v) is 9.02. The Labute approximate surface area is 144 Å². The number of anilines is 1. The van der Waals surface area contributed by atoms with Crippen LogP contribution in [0.5, 0.6) is 0 Å². The van der Waals surface area contributed by atoms with Gasteiger partial charge in [-0.2, -0.15) is 0 Å². The van der Waals surface area contributed by atoms with E-state index in [2.05, 4.69) is 18.3 Å². The van der Waals surface area contributed by atoms with Gasteiger partial charge in [-0.25, -0.2) is 0 Å². The molecule has 0 bridgehead atoms. The zero-order valence-electron chi connectivity index (χ0n) is 11.7. The third kappa shape index (κ3) is 3.34. The third-order valence-electron chi connectivity index (χ3n) is 3.82. The van der Waals surface area contributed by atoms with Crippen LogP contribution in [0, 0.1) is 0 Å². The Kier molecular flexibility index (Phi) is 4.70. The molecular weight excluding hydrogens is 345 g/mol. The van der Waals surface area contributed by atoms with E-state index >= 15 is 0 Å². The predicted molar refractivity (Wildman–Crippen MR) is 94.5 cm³/mol. The lowest BCUT2D eigenvalue weighted by Crippen LogP contribution is -2.05. The van der Waals surface area contributed by atoms with Gasteiger partial charge in [0.1, 0.15) is 0 Å². The number of rotatable bonds is 3. The van der Waals surface area contributed by atoms with E-state index in [0.717, 1.165) is 5.69 Å². The molecule has 1 nitrogen and oxygen atoms in total. The van der Waals surface area contributed by atoms with Crippen LogP contribution in [-0.2, 0) is 12.8 Å². The van der Waals surface area contributed by atoms with E-state index in [1.807, 2.05) is 11.3 Å². The number of hydrogen-bond acceptors (Lipinski definition) is 2. The monoisotopic (exact) mass is 359 g/mol. The van der Waals surface area contributed by atoms with Crippen LogP contribution in [0.15, 0.2) is 18.2 Å². The van der Waals surface area contributed by atoms with Gasteiger partial charge in [-0.3, -0.25) is 0 Å². The van der Waals surface area contributed by atoms with Crippen molar-refractivity contribution >= 4 is 51.8 Å². The summed E-state index contributed by atoms with van der Waals surface area (Å²) in [6, 6.07) is 6.01. The Morgan fingerprint density at radius 3 is 2.48 bits per heavy atom. The van der Waals surface area contributed by atoms with Crippen LogP contribution >= 0.6 is 46.1 Å². The number of halogens is 3. The molecule has 1 heterocycles. The molecule has 1 aromatic carbocycles. The molecule has 0 spiro atoms. The summed E-state index contributed by atoms with van der Waals surface area (Å²) in [5.41, 5.74) is 2.35. The second kappa shape index (κ2) is 6.37. The average Bonchev–Trinajstić information content (AvgIpc) is 2.88.